The molecule has 0 bridgehead atoms. The van der Waals surface area contributed by atoms with Gasteiger partial charge in [0.2, 0.25) is 6.35 Å². The zero-order valence-corrected chi connectivity index (χ0v) is 15.9. The lowest BCUT2D eigenvalue weighted by Gasteiger charge is -2.39. The average molecular weight is 408 g/mol. The highest BCUT2D eigenvalue weighted by molar-refractivity contribution is 6.33. The largest absolute Gasteiger partial charge is 0.391 e. The number of amidine groups is 1. The number of nitrogens with zero attached hydrogens (tertiary/aromatic N) is 2. The molecule has 0 saturated heterocycles. The topological polar surface area (TPSA) is 68.1 Å². The molecule has 0 radical (unpaired) electrons. The molecule has 1 unspecified atom stereocenters. The molecule has 1 heterocycles. The SMILES string of the molecule is CC(F)(F)c1ccc2c(c1)N(c1ccccc1Cl)C(O)N=C2N[C@@H]1CC[C@H]1O. The van der Waals surface area contributed by atoms with Crippen molar-refractivity contribution in [3.05, 3.63) is 58.6 Å². The highest BCUT2D eigenvalue weighted by Crippen LogP contribution is 2.41. The van der Waals surface area contributed by atoms with Crippen LogP contribution in [0.3, 0.4) is 0 Å². The molecule has 1 aliphatic carbocycles. The van der Waals surface area contributed by atoms with E-state index in [9.17, 15) is 19.0 Å². The van der Waals surface area contributed by atoms with Crippen molar-refractivity contribution in [2.75, 3.05) is 4.90 Å². The Bertz CT molecular complexity index is 932. The van der Waals surface area contributed by atoms with Gasteiger partial charge >= 0.3 is 0 Å². The summed E-state index contributed by atoms with van der Waals surface area (Å²) in [6, 6.07) is 10.9. The third-order valence-corrected chi connectivity index (χ3v) is 5.49. The average Bonchev–Trinajstić information content (AvgIpc) is 2.64. The number of hydrogen-bond donors (Lipinski definition) is 3. The van der Waals surface area contributed by atoms with E-state index in [0.29, 0.717) is 34.2 Å². The Hall–Kier alpha value is -2.22. The molecule has 8 heteroatoms. The first-order valence-electron chi connectivity index (χ1n) is 9.02. The summed E-state index contributed by atoms with van der Waals surface area (Å²) in [7, 11) is 0. The maximum absolute atomic E-state index is 14.0. The molecule has 1 fully saturated rings. The van der Waals surface area contributed by atoms with Gasteiger partial charge in [0.15, 0.2) is 0 Å². The number of halogens is 3. The van der Waals surface area contributed by atoms with Crippen molar-refractivity contribution in [2.45, 2.75) is 44.2 Å². The first-order valence-corrected chi connectivity index (χ1v) is 9.40. The second-order valence-corrected chi connectivity index (χ2v) is 7.57. The summed E-state index contributed by atoms with van der Waals surface area (Å²) in [5.41, 5.74) is 1.20. The third-order valence-electron chi connectivity index (χ3n) is 5.17. The molecule has 2 aliphatic rings. The molecule has 2 aromatic carbocycles. The number of aliphatic imine (C=N–C) groups is 1. The van der Waals surface area contributed by atoms with Gasteiger partial charge in [0, 0.05) is 18.1 Å². The van der Waals surface area contributed by atoms with Crippen molar-refractivity contribution in [1.29, 1.82) is 0 Å². The van der Waals surface area contributed by atoms with Gasteiger partial charge < -0.3 is 15.5 Å². The van der Waals surface area contributed by atoms with Crippen LogP contribution in [0.25, 0.3) is 0 Å². The smallest absolute Gasteiger partial charge is 0.270 e. The molecule has 2 aromatic rings. The Morgan fingerprint density at radius 2 is 1.89 bits per heavy atom. The standard InChI is InChI=1S/C20H20ClF2N3O2/c1-20(22,23)11-6-7-12-16(10-11)26(15-5-3-2-4-13(15)21)19(28)25-18(12)24-14-8-9-17(14)27/h2-7,10,14,17,19,27-28H,8-9H2,1H3,(H,24,25)/t14-,17-,19?/m1/s1. The van der Waals surface area contributed by atoms with E-state index in [2.05, 4.69) is 10.3 Å². The molecule has 0 amide bonds. The van der Waals surface area contributed by atoms with Crippen LogP contribution < -0.4 is 10.2 Å². The zero-order valence-electron chi connectivity index (χ0n) is 15.1. The monoisotopic (exact) mass is 407 g/mol. The van der Waals surface area contributed by atoms with Crippen LogP contribution in [0.5, 0.6) is 0 Å². The van der Waals surface area contributed by atoms with E-state index in [4.69, 9.17) is 11.6 Å². The zero-order chi connectivity index (χ0) is 20.1. The number of anilines is 2. The number of fused-ring (bicyclic) bond motifs is 1. The fourth-order valence-electron chi connectivity index (χ4n) is 3.41. The molecule has 4 rings (SSSR count). The Labute approximate surface area is 166 Å². The van der Waals surface area contributed by atoms with E-state index in [1.807, 2.05) is 0 Å². The molecule has 1 saturated carbocycles. The number of aliphatic hydroxyl groups excluding tert-OH is 2. The van der Waals surface area contributed by atoms with E-state index >= 15 is 0 Å². The Morgan fingerprint density at radius 3 is 2.50 bits per heavy atom. The molecule has 3 atom stereocenters. The number of nitrogens with one attached hydrogen (secondary N) is 1. The van der Waals surface area contributed by atoms with Crippen LogP contribution in [-0.4, -0.2) is 34.5 Å². The first-order chi connectivity index (χ1) is 13.3. The van der Waals surface area contributed by atoms with Gasteiger partial charge in [-0.1, -0.05) is 29.8 Å². The predicted molar refractivity (Wildman–Crippen MR) is 104 cm³/mol. The molecule has 5 nitrogen and oxygen atoms in total. The Kier molecular flexibility index (Phi) is 4.77. The lowest BCUT2D eigenvalue weighted by atomic mass is 9.88. The van der Waals surface area contributed by atoms with Crippen LogP contribution in [0.2, 0.25) is 5.02 Å². The van der Waals surface area contributed by atoms with E-state index in [1.54, 1.807) is 30.3 Å². The molecule has 0 aromatic heterocycles. The van der Waals surface area contributed by atoms with Crippen molar-refractivity contribution < 1.29 is 19.0 Å². The summed E-state index contributed by atoms with van der Waals surface area (Å²) in [5.74, 6) is -2.68. The number of rotatable bonds is 3. The first kappa shape index (κ1) is 19.1. The summed E-state index contributed by atoms with van der Waals surface area (Å²) in [6.07, 6.45) is -0.394. The molecule has 3 N–H and O–H groups in total. The molecule has 0 spiro atoms. The third kappa shape index (κ3) is 3.34. The number of para-hydroxylation sites is 1. The van der Waals surface area contributed by atoms with Crippen LogP contribution in [0.15, 0.2) is 47.5 Å². The predicted octanol–water partition coefficient (Wildman–Crippen LogP) is 3.74. The molecular formula is C20H20ClF2N3O2. The summed E-state index contributed by atoms with van der Waals surface area (Å²) in [6.45, 7) is 0.825. The van der Waals surface area contributed by atoms with Crippen molar-refractivity contribution in [3.63, 3.8) is 0 Å². The maximum Gasteiger partial charge on any atom is 0.270 e. The normalized spacial score (nSPS) is 24.3. The fourth-order valence-corrected chi connectivity index (χ4v) is 3.64. The van der Waals surface area contributed by atoms with E-state index in [1.165, 1.54) is 17.0 Å². The number of aliphatic hydroxyl groups is 2. The van der Waals surface area contributed by atoms with E-state index < -0.39 is 18.4 Å². The maximum atomic E-state index is 14.0. The van der Waals surface area contributed by atoms with Crippen molar-refractivity contribution in [1.82, 2.24) is 5.32 Å². The summed E-state index contributed by atoms with van der Waals surface area (Å²) in [5, 5.41) is 24.1. The quantitative estimate of drug-likeness (QED) is 0.725. The summed E-state index contributed by atoms with van der Waals surface area (Å²) >= 11 is 6.29. The Morgan fingerprint density at radius 1 is 1.14 bits per heavy atom. The molecule has 148 valence electrons. The molecule has 1 aliphatic heterocycles. The number of benzene rings is 2. The fraction of sp³-hybridized carbons (Fsp3) is 0.350. The minimum absolute atomic E-state index is 0.180. The van der Waals surface area contributed by atoms with Gasteiger partial charge in [0.1, 0.15) is 5.84 Å². The van der Waals surface area contributed by atoms with Gasteiger partial charge in [0.25, 0.3) is 5.92 Å². The van der Waals surface area contributed by atoms with Crippen LogP contribution in [0.4, 0.5) is 20.2 Å². The van der Waals surface area contributed by atoms with Gasteiger partial charge in [-0.3, -0.25) is 4.90 Å². The lowest BCUT2D eigenvalue weighted by molar-refractivity contribution is 0.0174. The second kappa shape index (κ2) is 6.99. The molecular weight excluding hydrogens is 388 g/mol. The summed E-state index contributed by atoms with van der Waals surface area (Å²) in [4.78, 5) is 5.73. The van der Waals surface area contributed by atoms with Gasteiger partial charge in [-0.2, -0.15) is 0 Å². The highest BCUT2D eigenvalue weighted by atomic mass is 35.5. The van der Waals surface area contributed by atoms with Gasteiger partial charge in [-0.05, 0) is 37.1 Å². The van der Waals surface area contributed by atoms with Gasteiger partial charge in [0.05, 0.1) is 28.5 Å². The van der Waals surface area contributed by atoms with E-state index in [0.717, 1.165) is 13.3 Å². The van der Waals surface area contributed by atoms with Crippen LogP contribution >= 0.6 is 11.6 Å². The van der Waals surface area contributed by atoms with E-state index in [-0.39, 0.29) is 11.6 Å². The minimum atomic E-state index is -3.04. The molecule has 28 heavy (non-hydrogen) atoms. The summed E-state index contributed by atoms with van der Waals surface area (Å²) < 4.78 is 27.9. The Balaban J connectivity index is 1.83. The lowest BCUT2D eigenvalue weighted by Crippen LogP contribution is -2.52. The second-order valence-electron chi connectivity index (χ2n) is 7.16. The van der Waals surface area contributed by atoms with Crippen molar-refractivity contribution in [2.24, 2.45) is 4.99 Å². The minimum Gasteiger partial charge on any atom is -0.391 e. The van der Waals surface area contributed by atoms with Gasteiger partial charge in [-0.15, -0.1) is 0 Å². The van der Waals surface area contributed by atoms with Crippen LogP contribution in [0.1, 0.15) is 30.9 Å². The van der Waals surface area contributed by atoms with Gasteiger partial charge in [-0.25, -0.2) is 13.8 Å². The van der Waals surface area contributed by atoms with Crippen LogP contribution in [0, 0.1) is 0 Å². The van der Waals surface area contributed by atoms with Crippen molar-refractivity contribution >= 4 is 28.8 Å². The highest BCUT2D eigenvalue weighted by Gasteiger charge is 2.35. The number of alkyl halides is 2. The van der Waals surface area contributed by atoms with Crippen LogP contribution in [-0.2, 0) is 5.92 Å². The van der Waals surface area contributed by atoms with Crippen molar-refractivity contribution in [3.8, 4) is 0 Å². The number of hydrogen-bond acceptors (Lipinski definition) is 5.